The zero-order valence-corrected chi connectivity index (χ0v) is 11.0. The zero-order chi connectivity index (χ0) is 13.5. The zero-order valence-electron chi connectivity index (χ0n) is 10.3. The van der Waals surface area contributed by atoms with Crippen molar-refractivity contribution < 1.29 is 19.0 Å². The van der Waals surface area contributed by atoms with Crippen LogP contribution in [-0.4, -0.2) is 24.4 Å². The van der Waals surface area contributed by atoms with Gasteiger partial charge in [0.1, 0.15) is 30.8 Å². The molecule has 2 rings (SSSR count). The number of halogens is 1. The lowest BCUT2D eigenvalue weighted by Crippen LogP contribution is -2.23. The second kappa shape index (κ2) is 7.19. The van der Waals surface area contributed by atoms with Crippen LogP contribution < -0.4 is 4.74 Å². The molecule has 1 atom stereocenters. The first-order valence-corrected chi connectivity index (χ1v) is 6.28. The van der Waals surface area contributed by atoms with Crippen LogP contribution in [0.1, 0.15) is 5.76 Å². The fourth-order valence-corrected chi connectivity index (χ4v) is 1.67. The van der Waals surface area contributed by atoms with Crippen LogP contribution in [0.2, 0.25) is 5.02 Å². The van der Waals surface area contributed by atoms with Gasteiger partial charge in [-0.15, -0.1) is 0 Å². The van der Waals surface area contributed by atoms with Gasteiger partial charge in [-0.3, -0.25) is 0 Å². The fourth-order valence-electron chi connectivity index (χ4n) is 1.49. The Morgan fingerprint density at radius 3 is 2.84 bits per heavy atom. The average molecular weight is 283 g/mol. The molecule has 1 aromatic carbocycles. The first-order chi connectivity index (χ1) is 9.24. The molecule has 5 heteroatoms. The Kier molecular flexibility index (Phi) is 5.27. The molecule has 0 bridgehead atoms. The van der Waals surface area contributed by atoms with Gasteiger partial charge in [-0.25, -0.2) is 0 Å². The molecule has 102 valence electrons. The van der Waals surface area contributed by atoms with Crippen LogP contribution >= 0.6 is 11.6 Å². The average Bonchev–Trinajstić information content (AvgIpc) is 2.90. The van der Waals surface area contributed by atoms with E-state index in [-0.39, 0.29) is 13.2 Å². The van der Waals surface area contributed by atoms with Crippen molar-refractivity contribution in [3.05, 3.63) is 53.4 Å². The molecule has 0 radical (unpaired) electrons. The number of hydrogen-bond acceptors (Lipinski definition) is 4. The highest BCUT2D eigenvalue weighted by Crippen LogP contribution is 2.17. The molecule has 0 aliphatic heterocycles. The van der Waals surface area contributed by atoms with E-state index in [9.17, 15) is 5.11 Å². The molecule has 4 nitrogen and oxygen atoms in total. The molecule has 0 aliphatic rings. The third-order valence-corrected chi connectivity index (χ3v) is 2.61. The minimum atomic E-state index is -0.700. The Morgan fingerprint density at radius 2 is 2.11 bits per heavy atom. The summed E-state index contributed by atoms with van der Waals surface area (Å²) < 4.78 is 15.8. The summed E-state index contributed by atoms with van der Waals surface area (Å²) in [6, 6.07) is 10.6. The molecule has 0 spiro atoms. The van der Waals surface area contributed by atoms with E-state index < -0.39 is 6.10 Å². The maximum absolute atomic E-state index is 9.69. The highest BCUT2D eigenvalue weighted by Gasteiger charge is 2.06. The standard InChI is InChI=1S/C14H15ClO4/c15-11-3-1-4-13(7-11)19-9-12(16)8-17-10-14-5-2-6-18-14/h1-7,12,16H,8-10H2. The van der Waals surface area contributed by atoms with E-state index in [1.54, 1.807) is 36.6 Å². The number of rotatable bonds is 7. The highest BCUT2D eigenvalue weighted by molar-refractivity contribution is 6.30. The smallest absolute Gasteiger partial charge is 0.129 e. The van der Waals surface area contributed by atoms with E-state index in [0.717, 1.165) is 5.76 Å². The Bertz CT molecular complexity index is 484. The molecule has 1 N–H and O–H groups in total. The maximum Gasteiger partial charge on any atom is 0.129 e. The van der Waals surface area contributed by atoms with Gasteiger partial charge < -0.3 is 19.0 Å². The van der Waals surface area contributed by atoms with E-state index in [1.807, 2.05) is 6.07 Å². The lowest BCUT2D eigenvalue weighted by Gasteiger charge is -2.12. The molecular formula is C14H15ClO4. The fraction of sp³-hybridized carbons (Fsp3) is 0.286. The summed E-state index contributed by atoms with van der Waals surface area (Å²) in [5.41, 5.74) is 0. The summed E-state index contributed by atoms with van der Waals surface area (Å²) in [7, 11) is 0. The van der Waals surface area contributed by atoms with Crippen LogP contribution in [0.5, 0.6) is 5.75 Å². The first kappa shape index (κ1) is 13.9. The van der Waals surface area contributed by atoms with Crippen molar-refractivity contribution in [3.63, 3.8) is 0 Å². The largest absolute Gasteiger partial charge is 0.491 e. The summed E-state index contributed by atoms with van der Waals surface area (Å²) in [5.74, 6) is 1.35. The Hall–Kier alpha value is -1.49. The predicted octanol–water partition coefficient (Wildman–Crippen LogP) is 2.89. The number of aliphatic hydroxyl groups is 1. The molecular weight excluding hydrogens is 268 g/mol. The quantitative estimate of drug-likeness (QED) is 0.848. The minimum absolute atomic E-state index is 0.151. The molecule has 0 aliphatic carbocycles. The summed E-state index contributed by atoms with van der Waals surface area (Å²) in [4.78, 5) is 0. The maximum atomic E-state index is 9.69. The molecule has 1 aromatic heterocycles. The second-order valence-corrected chi connectivity index (χ2v) is 4.45. The van der Waals surface area contributed by atoms with Crippen molar-refractivity contribution in [3.8, 4) is 5.75 Å². The summed E-state index contributed by atoms with van der Waals surface area (Å²) in [6.45, 7) is 0.668. The van der Waals surface area contributed by atoms with E-state index in [2.05, 4.69) is 0 Å². The molecule has 0 saturated heterocycles. The van der Waals surface area contributed by atoms with Crippen molar-refractivity contribution in [2.45, 2.75) is 12.7 Å². The molecule has 0 fully saturated rings. The summed E-state index contributed by atoms with van der Waals surface area (Å²) >= 11 is 5.82. The third kappa shape index (κ3) is 4.95. The van der Waals surface area contributed by atoms with Gasteiger partial charge in [-0.2, -0.15) is 0 Å². The molecule has 1 unspecified atom stereocenters. The number of ether oxygens (including phenoxy) is 2. The van der Waals surface area contributed by atoms with Crippen LogP contribution in [-0.2, 0) is 11.3 Å². The van der Waals surface area contributed by atoms with Gasteiger partial charge in [-0.05, 0) is 30.3 Å². The van der Waals surface area contributed by atoms with Crippen molar-refractivity contribution in [1.29, 1.82) is 0 Å². The number of hydrogen-bond donors (Lipinski definition) is 1. The van der Waals surface area contributed by atoms with Gasteiger partial charge in [0.25, 0.3) is 0 Å². The SMILES string of the molecule is OC(COCc1ccco1)COc1cccc(Cl)c1. The number of aliphatic hydroxyl groups excluding tert-OH is 1. The van der Waals surface area contributed by atoms with E-state index in [1.165, 1.54) is 0 Å². The summed E-state index contributed by atoms with van der Waals surface area (Å²) in [5, 5.41) is 10.3. The van der Waals surface area contributed by atoms with E-state index in [0.29, 0.717) is 17.4 Å². The predicted molar refractivity (Wildman–Crippen MR) is 71.3 cm³/mol. The molecule has 1 heterocycles. The normalized spacial score (nSPS) is 12.3. The van der Waals surface area contributed by atoms with Crippen molar-refractivity contribution in [2.75, 3.05) is 13.2 Å². The van der Waals surface area contributed by atoms with Crippen molar-refractivity contribution in [1.82, 2.24) is 0 Å². The first-order valence-electron chi connectivity index (χ1n) is 5.90. The topological polar surface area (TPSA) is 51.8 Å². The lowest BCUT2D eigenvalue weighted by molar-refractivity contribution is 0.000881. The summed E-state index contributed by atoms with van der Waals surface area (Å²) in [6.07, 6.45) is 0.881. The highest BCUT2D eigenvalue weighted by atomic mass is 35.5. The molecule has 0 amide bonds. The van der Waals surface area contributed by atoms with Gasteiger partial charge in [0, 0.05) is 5.02 Å². The minimum Gasteiger partial charge on any atom is -0.491 e. The Labute approximate surface area is 116 Å². The van der Waals surface area contributed by atoms with Crippen molar-refractivity contribution in [2.24, 2.45) is 0 Å². The second-order valence-electron chi connectivity index (χ2n) is 4.02. The van der Waals surface area contributed by atoms with Gasteiger partial charge in [-0.1, -0.05) is 17.7 Å². The Balaban J connectivity index is 1.65. The van der Waals surface area contributed by atoms with Crippen LogP contribution in [0.25, 0.3) is 0 Å². The molecule has 0 saturated carbocycles. The molecule has 19 heavy (non-hydrogen) atoms. The van der Waals surface area contributed by atoms with Gasteiger partial charge >= 0.3 is 0 Å². The lowest BCUT2D eigenvalue weighted by atomic mass is 10.3. The third-order valence-electron chi connectivity index (χ3n) is 2.37. The Morgan fingerprint density at radius 1 is 1.21 bits per heavy atom. The number of furan rings is 1. The van der Waals surface area contributed by atoms with E-state index in [4.69, 9.17) is 25.5 Å². The van der Waals surface area contributed by atoms with Gasteiger partial charge in [0.05, 0.1) is 12.9 Å². The monoisotopic (exact) mass is 282 g/mol. The van der Waals surface area contributed by atoms with Crippen LogP contribution in [0, 0.1) is 0 Å². The van der Waals surface area contributed by atoms with Crippen molar-refractivity contribution >= 4 is 11.6 Å². The van der Waals surface area contributed by atoms with Crippen LogP contribution in [0.15, 0.2) is 47.1 Å². The van der Waals surface area contributed by atoms with Crippen LogP contribution in [0.3, 0.4) is 0 Å². The van der Waals surface area contributed by atoms with Gasteiger partial charge in [0.15, 0.2) is 0 Å². The van der Waals surface area contributed by atoms with Gasteiger partial charge in [0.2, 0.25) is 0 Å². The number of benzene rings is 1. The molecule has 2 aromatic rings. The van der Waals surface area contributed by atoms with E-state index >= 15 is 0 Å². The van der Waals surface area contributed by atoms with Crippen LogP contribution in [0.4, 0.5) is 0 Å².